The van der Waals surface area contributed by atoms with E-state index < -0.39 is 18.0 Å². The number of hydrogen-bond donors (Lipinski definition) is 1. The lowest BCUT2D eigenvalue weighted by atomic mass is 9.82. The third-order valence-electron chi connectivity index (χ3n) is 5.23. The van der Waals surface area contributed by atoms with Gasteiger partial charge in [-0.05, 0) is 34.5 Å². The van der Waals surface area contributed by atoms with Crippen molar-refractivity contribution in [1.29, 1.82) is 0 Å². The van der Waals surface area contributed by atoms with Crippen LogP contribution in [0.3, 0.4) is 0 Å². The van der Waals surface area contributed by atoms with Crippen LogP contribution >= 0.6 is 0 Å². The van der Waals surface area contributed by atoms with Crippen LogP contribution in [0.1, 0.15) is 28.4 Å². The minimum atomic E-state index is -1.01. The van der Waals surface area contributed by atoms with Gasteiger partial charge in [-0.3, -0.25) is 9.59 Å². The van der Waals surface area contributed by atoms with Crippen LogP contribution in [0.5, 0.6) is 5.75 Å². The fraction of sp³-hybridized carbons (Fsp3) is 0.217. The number of carboxylic acid groups (broad SMARTS) is 1. The van der Waals surface area contributed by atoms with Crippen molar-refractivity contribution in [3.63, 3.8) is 0 Å². The summed E-state index contributed by atoms with van der Waals surface area (Å²) < 4.78 is 6.21. The molecule has 0 saturated heterocycles. The maximum atomic E-state index is 13.4. The van der Waals surface area contributed by atoms with Crippen molar-refractivity contribution in [2.24, 2.45) is 5.92 Å². The Morgan fingerprint density at radius 3 is 2.43 bits per heavy atom. The predicted molar refractivity (Wildman–Crippen MR) is 108 cm³/mol. The molecule has 0 aromatic heterocycles. The summed E-state index contributed by atoms with van der Waals surface area (Å²) in [5, 5.41) is 11.1. The van der Waals surface area contributed by atoms with E-state index in [9.17, 15) is 14.7 Å². The zero-order valence-electron chi connectivity index (χ0n) is 15.8. The zero-order valence-corrected chi connectivity index (χ0v) is 15.8. The summed E-state index contributed by atoms with van der Waals surface area (Å²) in [6.45, 7) is 0. The van der Waals surface area contributed by atoms with Gasteiger partial charge in [0.1, 0.15) is 11.9 Å². The van der Waals surface area contributed by atoms with E-state index in [1.807, 2.05) is 73.6 Å². The molecule has 0 spiro atoms. The van der Waals surface area contributed by atoms with Gasteiger partial charge in [0, 0.05) is 19.8 Å². The number of ether oxygens (including phenoxy) is 1. The smallest absolute Gasteiger partial charge is 0.304 e. The van der Waals surface area contributed by atoms with Gasteiger partial charge in [-0.15, -0.1) is 0 Å². The number of aliphatic carboxylic acids is 1. The molecule has 3 aromatic rings. The first kappa shape index (κ1) is 18.0. The van der Waals surface area contributed by atoms with Crippen molar-refractivity contribution >= 4 is 28.2 Å². The summed E-state index contributed by atoms with van der Waals surface area (Å²) in [5.41, 5.74) is 2.29. The summed E-state index contributed by atoms with van der Waals surface area (Å²) in [4.78, 5) is 26.8. The SMILES string of the molecule is CN(C)c1ccc(C2Oc3ccc4ccccc4c3C(=O)C2CC(=O)O)cc1. The van der Waals surface area contributed by atoms with Gasteiger partial charge in [-0.1, -0.05) is 42.5 Å². The van der Waals surface area contributed by atoms with Gasteiger partial charge in [0.2, 0.25) is 0 Å². The second-order valence-electron chi connectivity index (χ2n) is 7.25. The number of rotatable bonds is 4. The maximum Gasteiger partial charge on any atom is 0.304 e. The van der Waals surface area contributed by atoms with E-state index >= 15 is 0 Å². The molecule has 142 valence electrons. The predicted octanol–water partition coefficient (Wildman–Crippen LogP) is 4.31. The molecule has 2 atom stereocenters. The molecule has 1 N–H and O–H groups in total. The lowest BCUT2D eigenvalue weighted by molar-refractivity contribution is -0.138. The van der Waals surface area contributed by atoms with Crippen LogP contribution in [-0.4, -0.2) is 31.0 Å². The highest BCUT2D eigenvalue weighted by atomic mass is 16.5. The van der Waals surface area contributed by atoms with Crippen LogP contribution in [0.15, 0.2) is 60.7 Å². The Morgan fingerprint density at radius 2 is 1.75 bits per heavy atom. The van der Waals surface area contributed by atoms with Crippen LogP contribution < -0.4 is 9.64 Å². The van der Waals surface area contributed by atoms with Gasteiger partial charge in [0.05, 0.1) is 17.9 Å². The lowest BCUT2D eigenvalue weighted by Crippen LogP contribution is -2.33. The Bertz CT molecular complexity index is 1060. The normalized spacial score (nSPS) is 18.4. The van der Waals surface area contributed by atoms with Crippen LogP contribution in [0.4, 0.5) is 5.69 Å². The number of hydrogen-bond acceptors (Lipinski definition) is 4. The van der Waals surface area contributed by atoms with Gasteiger partial charge >= 0.3 is 5.97 Å². The molecule has 4 rings (SSSR count). The highest BCUT2D eigenvalue weighted by Gasteiger charge is 2.40. The summed E-state index contributed by atoms with van der Waals surface area (Å²) in [6, 6.07) is 19.0. The first-order valence-electron chi connectivity index (χ1n) is 9.17. The highest BCUT2D eigenvalue weighted by Crippen LogP contribution is 2.43. The van der Waals surface area contributed by atoms with E-state index in [0.717, 1.165) is 22.0 Å². The molecule has 0 bridgehead atoms. The van der Waals surface area contributed by atoms with E-state index in [0.29, 0.717) is 11.3 Å². The molecule has 5 heteroatoms. The standard InChI is InChI=1S/C23H21NO4/c1-24(2)16-10-7-15(8-11-16)23-18(13-20(25)26)22(27)21-17-6-4-3-5-14(17)9-12-19(21)28-23/h3-12,18,23H,13H2,1-2H3,(H,25,26). The first-order chi connectivity index (χ1) is 13.5. The Balaban J connectivity index is 1.82. The van der Waals surface area contributed by atoms with Crippen LogP contribution in [0.2, 0.25) is 0 Å². The monoisotopic (exact) mass is 375 g/mol. The third kappa shape index (κ3) is 3.09. The molecule has 2 unspecified atom stereocenters. The number of anilines is 1. The Morgan fingerprint density at radius 1 is 1.04 bits per heavy atom. The molecule has 0 saturated carbocycles. The topological polar surface area (TPSA) is 66.8 Å². The van der Waals surface area contributed by atoms with Crippen LogP contribution in [-0.2, 0) is 4.79 Å². The first-order valence-corrected chi connectivity index (χ1v) is 9.17. The molecule has 0 aliphatic carbocycles. The number of carbonyl (C=O) groups excluding carboxylic acids is 1. The minimum Gasteiger partial charge on any atom is -0.484 e. The molecule has 0 fully saturated rings. The summed E-state index contributed by atoms with van der Waals surface area (Å²) >= 11 is 0. The average Bonchev–Trinajstić information content (AvgIpc) is 2.69. The second kappa shape index (κ2) is 7.00. The second-order valence-corrected chi connectivity index (χ2v) is 7.25. The lowest BCUT2D eigenvalue weighted by Gasteiger charge is -2.33. The van der Waals surface area contributed by atoms with E-state index in [1.165, 1.54) is 0 Å². The molecule has 5 nitrogen and oxygen atoms in total. The van der Waals surface area contributed by atoms with Gasteiger partial charge in [0.15, 0.2) is 5.78 Å². The molecule has 1 aliphatic heterocycles. The zero-order chi connectivity index (χ0) is 19.8. The van der Waals surface area contributed by atoms with Gasteiger partial charge in [-0.25, -0.2) is 0 Å². The minimum absolute atomic E-state index is 0.179. The van der Waals surface area contributed by atoms with E-state index in [2.05, 4.69) is 0 Å². The van der Waals surface area contributed by atoms with Crippen molar-refractivity contribution in [3.05, 3.63) is 71.8 Å². The third-order valence-corrected chi connectivity index (χ3v) is 5.23. The van der Waals surface area contributed by atoms with Crippen LogP contribution in [0, 0.1) is 5.92 Å². The molecule has 1 heterocycles. The van der Waals surface area contributed by atoms with Gasteiger partial charge < -0.3 is 14.7 Å². The molecule has 0 radical (unpaired) electrons. The summed E-state index contributed by atoms with van der Waals surface area (Å²) in [5.74, 6) is -1.46. The number of ketones is 1. The summed E-state index contributed by atoms with van der Waals surface area (Å²) in [7, 11) is 3.90. The maximum absolute atomic E-state index is 13.4. The molecule has 28 heavy (non-hydrogen) atoms. The number of Topliss-reactive ketones (excluding diaryl/α,β-unsaturated/α-hetero) is 1. The van der Waals surface area contributed by atoms with Crippen molar-refractivity contribution in [2.45, 2.75) is 12.5 Å². The average molecular weight is 375 g/mol. The van der Waals surface area contributed by atoms with Crippen molar-refractivity contribution in [3.8, 4) is 5.75 Å². The largest absolute Gasteiger partial charge is 0.484 e. The van der Waals surface area contributed by atoms with Crippen molar-refractivity contribution in [2.75, 3.05) is 19.0 Å². The quantitative estimate of drug-likeness (QED) is 0.736. The van der Waals surface area contributed by atoms with Gasteiger partial charge in [0.25, 0.3) is 0 Å². The Hall–Kier alpha value is -3.34. The number of benzene rings is 3. The summed E-state index contributed by atoms with van der Waals surface area (Å²) in [6.07, 6.45) is -0.907. The number of carboxylic acids is 1. The van der Waals surface area contributed by atoms with Crippen molar-refractivity contribution in [1.82, 2.24) is 0 Å². The number of fused-ring (bicyclic) bond motifs is 3. The van der Waals surface area contributed by atoms with Crippen molar-refractivity contribution < 1.29 is 19.4 Å². The molecule has 0 amide bonds. The number of carbonyl (C=O) groups is 2. The fourth-order valence-corrected chi connectivity index (χ4v) is 3.80. The molecule has 1 aliphatic rings. The fourth-order valence-electron chi connectivity index (χ4n) is 3.80. The molecule has 3 aromatic carbocycles. The van der Waals surface area contributed by atoms with Crippen LogP contribution in [0.25, 0.3) is 10.8 Å². The Labute approximate surface area is 163 Å². The van der Waals surface area contributed by atoms with E-state index in [-0.39, 0.29) is 12.2 Å². The number of nitrogens with zero attached hydrogens (tertiary/aromatic N) is 1. The van der Waals surface area contributed by atoms with E-state index in [4.69, 9.17) is 4.74 Å². The van der Waals surface area contributed by atoms with E-state index in [1.54, 1.807) is 6.07 Å². The molecular formula is C23H21NO4. The highest BCUT2D eigenvalue weighted by molar-refractivity contribution is 6.13. The Kier molecular flexibility index (Phi) is 4.51. The van der Waals surface area contributed by atoms with Gasteiger partial charge in [-0.2, -0.15) is 0 Å². The molecular weight excluding hydrogens is 354 g/mol.